The average molecular weight is 471 g/mol. The molecule has 2 amide bonds. The predicted octanol–water partition coefficient (Wildman–Crippen LogP) is 5.12. The van der Waals surface area contributed by atoms with Crippen molar-refractivity contribution in [3.05, 3.63) is 101 Å². The number of anilines is 1. The average Bonchev–Trinajstić information content (AvgIpc) is 3.17. The maximum absolute atomic E-state index is 12.5. The number of carbonyl (C=O) groups is 3. The minimum Gasteiger partial charge on any atom is -0.478 e. The zero-order valence-corrected chi connectivity index (χ0v) is 19.5. The summed E-state index contributed by atoms with van der Waals surface area (Å²) >= 11 is 0. The molecule has 1 aliphatic rings. The lowest BCUT2D eigenvalue weighted by atomic mass is 9.98. The molecule has 4 rings (SSSR count). The highest BCUT2D eigenvalue weighted by Crippen LogP contribution is 2.44. The van der Waals surface area contributed by atoms with Gasteiger partial charge in [0.15, 0.2) is 0 Å². The summed E-state index contributed by atoms with van der Waals surface area (Å²) in [6, 6.07) is 21.0. The summed E-state index contributed by atoms with van der Waals surface area (Å²) in [6.07, 6.45) is 0.966. The third-order valence-electron chi connectivity index (χ3n) is 6.01. The topological polar surface area (TPSA) is 105 Å². The number of aryl methyl sites for hydroxylation is 1. The van der Waals surface area contributed by atoms with Crippen molar-refractivity contribution in [3.63, 3.8) is 0 Å². The van der Waals surface area contributed by atoms with Crippen LogP contribution in [0.15, 0.2) is 78.4 Å². The maximum atomic E-state index is 12.5. The number of rotatable bonds is 7. The summed E-state index contributed by atoms with van der Waals surface area (Å²) in [5.74, 6) is -1.61. The smallest absolute Gasteiger partial charge is 0.407 e. The standard InChI is InChI=1S/C28H26N2O5/c1-17-11-12-25(23(15-17)27(32)33)30-26(31)18(2)13-14-29-28(34)35-16-24-21-9-5-3-7-19(21)20-8-4-6-10-22(20)24/h3-13,15,24H,14,16H2,1-2H3,(H,29,34)(H,30,31)(H,32,33)/b18-13+. The summed E-state index contributed by atoms with van der Waals surface area (Å²) in [5.41, 5.74) is 5.91. The highest BCUT2D eigenvalue weighted by molar-refractivity contribution is 6.07. The number of carbonyl (C=O) groups excluding carboxylic acids is 2. The Kier molecular flexibility index (Phi) is 6.96. The van der Waals surface area contributed by atoms with E-state index in [9.17, 15) is 19.5 Å². The molecule has 1 aliphatic carbocycles. The minimum atomic E-state index is -1.12. The van der Waals surface area contributed by atoms with E-state index < -0.39 is 18.0 Å². The van der Waals surface area contributed by atoms with Crippen molar-refractivity contribution in [1.29, 1.82) is 0 Å². The maximum Gasteiger partial charge on any atom is 0.407 e. The van der Waals surface area contributed by atoms with E-state index >= 15 is 0 Å². The molecule has 7 nitrogen and oxygen atoms in total. The minimum absolute atomic E-state index is 0.0166. The SMILES string of the molecule is C/C(=C\CNC(=O)OCC1c2ccccc2-c2ccccc21)C(=O)Nc1ccc(C)cc1C(=O)O. The lowest BCUT2D eigenvalue weighted by Crippen LogP contribution is -2.27. The van der Waals surface area contributed by atoms with E-state index in [-0.39, 0.29) is 30.3 Å². The van der Waals surface area contributed by atoms with Gasteiger partial charge >= 0.3 is 12.1 Å². The second-order valence-electron chi connectivity index (χ2n) is 8.40. The third-order valence-corrected chi connectivity index (χ3v) is 6.01. The number of fused-ring (bicyclic) bond motifs is 3. The van der Waals surface area contributed by atoms with Gasteiger partial charge in [0.05, 0.1) is 11.3 Å². The highest BCUT2D eigenvalue weighted by atomic mass is 16.5. The molecule has 3 N–H and O–H groups in total. The van der Waals surface area contributed by atoms with E-state index in [4.69, 9.17) is 4.74 Å². The number of hydrogen-bond donors (Lipinski definition) is 3. The molecule has 3 aromatic carbocycles. The zero-order valence-electron chi connectivity index (χ0n) is 19.5. The molecule has 0 atom stereocenters. The van der Waals surface area contributed by atoms with Gasteiger partial charge in [0.25, 0.3) is 5.91 Å². The Morgan fingerprint density at radius 2 is 1.60 bits per heavy atom. The number of hydrogen-bond acceptors (Lipinski definition) is 4. The number of nitrogens with one attached hydrogen (secondary N) is 2. The quantitative estimate of drug-likeness (QED) is 0.416. The van der Waals surface area contributed by atoms with Gasteiger partial charge in [-0.05, 0) is 48.2 Å². The first-order chi connectivity index (χ1) is 16.8. The molecule has 178 valence electrons. The molecule has 7 heteroatoms. The fourth-order valence-corrected chi connectivity index (χ4v) is 4.19. The van der Waals surface area contributed by atoms with Crippen LogP contribution < -0.4 is 10.6 Å². The number of benzene rings is 3. The molecule has 3 aromatic rings. The van der Waals surface area contributed by atoms with E-state index in [1.807, 2.05) is 24.3 Å². The molecule has 0 aromatic heterocycles. The largest absolute Gasteiger partial charge is 0.478 e. The molecule has 0 aliphatic heterocycles. The van der Waals surface area contributed by atoms with Crippen molar-refractivity contribution >= 4 is 23.7 Å². The number of aromatic carboxylic acids is 1. The Morgan fingerprint density at radius 1 is 0.971 bits per heavy atom. The Labute approximate surface area is 203 Å². The molecule has 35 heavy (non-hydrogen) atoms. The van der Waals surface area contributed by atoms with Crippen molar-refractivity contribution < 1.29 is 24.2 Å². The fourth-order valence-electron chi connectivity index (χ4n) is 4.19. The van der Waals surface area contributed by atoms with Gasteiger partial charge in [0.1, 0.15) is 6.61 Å². The normalized spacial score (nSPS) is 12.5. The first-order valence-electron chi connectivity index (χ1n) is 11.3. The van der Waals surface area contributed by atoms with Crippen LogP contribution in [-0.4, -0.2) is 36.2 Å². The van der Waals surface area contributed by atoms with E-state index in [2.05, 4.69) is 34.9 Å². The summed E-state index contributed by atoms with van der Waals surface area (Å²) in [6.45, 7) is 3.66. The number of carboxylic acid groups (broad SMARTS) is 1. The molecule has 0 spiro atoms. The van der Waals surface area contributed by atoms with Gasteiger partial charge in [0, 0.05) is 18.0 Å². The zero-order chi connectivity index (χ0) is 24.9. The van der Waals surface area contributed by atoms with Crippen molar-refractivity contribution in [2.75, 3.05) is 18.5 Å². The van der Waals surface area contributed by atoms with E-state index in [0.29, 0.717) is 5.57 Å². The van der Waals surface area contributed by atoms with Crippen LogP contribution in [0.3, 0.4) is 0 Å². The summed E-state index contributed by atoms with van der Waals surface area (Å²) < 4.78 is 5.49. The van der Waals surface area contributed by atoms with Crippen LogP contribution in [-0.2, 0) is 9.53 Å². The third kappa shape index (κ3) is 5.24. The summed E-state index contributed by atoms with van der Waals surface area (Å²) in [4.78, 5) is 36.2. The van der Waals surface area contributed by atoms with Gasteiger partial charge in [-0.1, -0.05) is 66.2 Å². The fraction of sp³-hybridized carbons (Fsp3) is 0.179. The molecule has 0 bridgehead atoms. The number of amides is 2. The Hall–Kier alpha value is -4.39. The lowest BCUT2D eigenvalue weighted by molar-refractivity contribution is -0.112. The molecule has 0 unspecified atom stereocenters. The first kappa shape index (κ1) is 23.8. The van der Waals surface area contributed by atoms with Crippen LogP contribution in [0, 0.1) is 6.92 Å². The van der Waals surface area contributed by atoms with Crippen molar-refractivity contribution in [2.45, 2.75) is 19.8 Å². The van der Waals surface area contributed by atoms with Gasteiger partial charge in [-0.25, -0.2) is 9.59 Å². The van der Waals surface area contributed by atoms with Crippen LogP contribution in [0.4, 0.5) is 10.5 Å². The predicted molar refractivity (Wildman–Crippen MR) is 134 cm³/mol. The van der Waals surface area contributed by atoms with Gasteiger partial charge < -0.3 is 20.5 Å². The van der Waals surface area contributed by atoms with Crippen LogP contribution in [0.2, 0.25) is 0 Å². The van der Waals surface area contributed by atoms with Gasteiger partial charge in [-0.15, -0.1) is 0 Å². The molecular weight excluding hydrogens is 444 g/mol. The number of carboxylic acids is 1. The van der Waals surface area contributed by atoms with E-state index in [0.717, 1.165) is 27.8 Å². The second-order valence-corrected chi connectivity index (χ2v) is 8.40. The van der Waals surface area contributed by atoms with Gasteiger partial charge in [0.2, 0.25) is 0 Å². The summed E-state index contributed by atoms with van der Waals surface area (Å²) in [7, 11) is 0. The van der Waals surface area contributed by atoms with Crippen LogP contribution in [0.1, 0.15) is 39.9 Å². The number of alkyl carbamates (subject to hydrolysis) is 1. The van der Waals surface area contributed by atoms with Crippen molar-refractivity contribution in [1.82, 2.24) is 5.32 Å². The van der Waals surface area contributed by atoms with Gasteiger partial charge in [-0.3, -0.25) is 4.79 Å². The van der Waals surface area contributed by atoms with Gasteiger partial charge in [-0.2, -0.15) is 0 Å². The first-order valence-corrected chi connectivity index (χ1v) is 11.3. The summed E-state index contributed by atoms with van der Waals surface area (Å²) in [5, 5.41) is 14.6. The van der Waals surface area contributed by atoms with E-state index in [1.54, 1.807) is 32.1 Å². The molecule has 0 saturated carbocycles. The highest BCUT2D eigenvalue weighted by Gasteiger charge is 2.28. The molecule has 0 radical (unpaired) electrons. The molecule has 0 heterocycles. The molecule has 0 saturated heterocycles. The Morgan fingerprint density at radius 3 is 2.23 bits per heavy atom. The Balaban J connectivity index is 1.31. The number of ether oxygens (including phenoxy) is 1. The second kappa shape index (κ2) is 10.3. The monoisotopic (exact) mass is 470 g/mol. The molecule has 0 fully saturated rings. The Bertz CT molecular complexity index is 1280. The van der Waals surface area contributed by atoms with E-state index in [1.165, 1.54) is 6.07 Å². The van der Waals surface area contributed by atoms with Crippen LogP contribution >= 0.6 is 0 Å². The van der Waals surface area contributed by atoms with Crippen molar-refractivity contribution in [2.24, 2.45) is 0 Å². The van der Waals surface area contributed by atoms with Crippen LogP contribution in [0.5, 0.6) is 0 Å². The van der Waals surface area contributed by atoms with Crippen molar-refractivity contribution in [3.8, 4) is 11.1 Å². The molecular formula is C28H26N2O5. The lowest BCUT2D eigenvalue weighted by Gasteiger charge is -2.14. The van der Waals surface area contributed by atoms with Crippen LogP contribution in [0.25, 0.3) is 11.1 Å².